The standard InChI is InChI=1S/C14H27N3O4/c1-12(2)10-17(8-9-21-3)14(20)16-6-4-15(5-7-16)11-13(18)19/h12H,4-11H2,1-3H3,(H,18,19). The molecule has 1 rings (SSSR count). The number of rotatable bonds is 7. The van der Waals surface area contributed by atoms with Crippen molar-refractivity contribution < 1.29 is 19.4 Å². The second-order valence-corrected chi connectivity index (χ2v) is 5.77. The lowest BCUT2D eigenvalue weighted by molar-refractivity contribution is -0.138. The molecule has 7 heteroatoms. The van der Waals surface area contributed by atoms with Gasteiger partial charge in [-0.05, 0) is 5.92 Å². The minimum Gasteiger partial charge on any atom is -0.480 e. The van der Waals surface area contributed by atoms with Crippen LogP contribution in [-0.2, 0) is 9.53 Å². The highest BCUT2D eigenvalue weighted by Gasteiger charge is 2.26. The molecule has 2 amide bonds. The predicted octanol–water partition coefficient (Wildman–Crippen LogP) is 0.413. The van der Waals surface area contributed by atoms with E-state index in [1.807, 2.05) is 9.80 Å². The molecular formula is C14H27N3O4. The van der Waals surface area contributed by atoms with Gasteiger partial charge in [-0.3, -0.25) is 9.69 Å². The lowest BCUT2D eigenvalue weighted by Gasteiger charge is -2.37. The molecule has 0 bridgehead atoms. The Kier molecular flexibility index (Phi) is 7.45. The second-order valence-electron chi connectivity index (χ2n) is 5.77. The summed E-state index contributed by atoms with van der Waals surface area (Å²) in [5.41, 5.74) is 0. The average molecular weight is 301 g/mol. The van der Waals surface area contributed by atoms with Crippen molar-refractivity contribution in [1.82, 2.24) is 14.7 Å². The normalized spacial score (nSPS) is 16.3. The van der Waals surface area contributed by atoms with E-state index in [0.717, 1.165) is 0 Å². The number of urea groups is 1. The summed E-state index contributed by atoms with van der Waals surface area (Å²) in [6.45, 7) is 8.39. The molecule has 0 aliphatic carbocycles. The summed E-state index contributed by atoms with van der Waals surface area (Å²) in [6.07, 6.45) is 0. The van der Waals surface area contributed by atoms with Gasteiger partial charge in [-0.15, -0.1) is 0 Å². The van der Waals surface area contributed by atoms with Gasteiger partial charge in [-0.2, -0.15) is 0 Å². The van der Waals surface area contributed by atoms with Gasteiger partial charge < -0.3 is 19.6 Å². The van der Waals surface area contributed by atoms with E-state index in [9.17, 15) is 9.59 Å². The van der Waals surface area contributed by atoms with Crippen molar-refractivity contribution in [2.75, 3.05) is 59.5 Å². The van der Waals surface area contributed by atoms with Crippen molar-refractivity contribution >= 4 is 12.0 Å². The molecule has 1 aliphatic rings. The molecule has 0 aromatic heterocycles. The maximum atomic E-state index is 12.5. The fourth-order valence-electron chi connectivity index (χ4n) is 2.40. The van der Waals surface area contributed by atoms with Crippen LogP contribution in [0.2, 0.25) is 0 Å². The minimum absolute atomic E-state index is 0.0238. The molecule has 0 aromatic carbocycles. The van der Waals surface area contributed by atoms with Crippen molar-refractivity contribution in [3.05, 3.63) is 0 Å². The highest BCUT2D eigenvalue weighted by molar-refractivity contribution is 5.74. The van der Waals surface area contributed by atoms with E-state index >= 15 is 0 Å². The third-order valence-corrected chi connectivity index (χ3v) is 3.42. The number of carboxylic acid groups (broad SMARTS) is 1. The average Bonchev–Trinajstić information content (AvgIpc) is 2.42. The summed E-state index contributed by atoms with van der Waals surface area (Å²) in [5, 5.41) is 8.78. The number of aliphatic carboxylic acids is 1. The third-order valence-electron chi connectivity index (χ3n) is 3.42. The number of carbonyl (C=O) groups excluding carboxylic acids is 1. The van der Waals surface area contributed by atoms with Crippen molar-refractivity contribution in [2.45, 2.75) is 13.8 Å². The van der Waals surface area contributed by atoms with Gasteiger partial charge >= 0.3 is 12.0 Å². The van der Waals surface area contributed by atoms with Gasteiger partial charge in [0.15, 0.2) is 0 Å². The second kappa shape index (κ2) is 8.84. The Bertz CT molecular complexity index is 341. The molecule has 1 saturated heterocycles. The molecule has 1 fully saturated rings. The Labute approximate surface area is 126 Å². The van der Waals surface area contributed by atoms with E-state index in [0.29, 0.717) is 51.8 Å². The number of hydrogen-bond donors (Lipinski definition) is 1. The number of nitrogens with zero attached hydrogens (tertiary/aromatic N) is 3. The topological polar surface area (TPSA) is 73.3 Å². The fraction of sp³-hybridized carbons (Fsp3) is 0.857. The number of hydrogen-bond acceptors (Lipinski definition) is 4. The smallest absolute Gasteiger partial charge is 0.320 e. The molecule has 0 unspecified atom stereocenters. The van der Waals surface area contributed by atoms with E-state index in [4.69, 9.17) is 9.84 Å². The Hall–Kier alpha value is -1.34. The summed E-state index contributed by atoms with van der Waals surface area (Å²) >= 11 is 0. The Morgan fingerprint density at radius 3 is 2.33 bits per heavy atom. The Balaban J connectivity index is 2.50. The van der Waals surface area contributed by atoms with Gasteiger partial charge in [-0.1, -0.05) is 13.8 Å². The molecule has 1 N–H and O–H groups in total. The lowest BCUT2D eigenvalue weighted by Crippen LogP contribution is -2.54. The molecule has 122 valence electrons. The van der Waals surface area contributed by atoms with Gasteiger partial charge in [-0.25, -0.2) is 4.79 Å². The van der Waals surface area contributed by atoms with Crippen LogP contribution in [-0.4, -0.2) is 91.3 Å². The maximum Gasteiger partial charge on any atom is 0.320 e. The Morgan fingerprint density at radius 2 is 1.86 bits per heavy atom. The van der Waals surface area contributed by atoms with E-state index < -0.39 is 5.97 Å². The summed E-state index contributed by atoms with van der Waals surface area (Å²) in [5.74, 6) is -0.421. The molecule has 0 atom stereocenters. The first-order valence-corrected chi connectivity index (χ1v) is 7.41. The fourth-order valence-corrected chi connectivity index (χ4v) is 2.40. The highest BCUT2D eigenvalue weighted by atomic mass is 16.5. The van der Waals surface area contributed by atoms with Crippen LogP contribution in [0.1, 0.15) is 13.8 Å². The van der Waals surface area contributed by atoms with Crippen LogP contribution in [0.5, 0.6) is 0 Å². The van der Waals surface area contributed by atoms with Crippen molar-refractivity contribution in [2.24, 2.45) is 5.92 Å². The molecule has 1 aliphatic heterocycles. The van der Waals surface area contributed by atoms with Crippen LogP contribution in [0.15, 0.2) is 0 Å². The maximum absolute atomic E-state index is 12.5. The van der Waals surface area contributed by atoms with E-state index in [1.165, 1.54) is 0 Å². The van der Waals surface area contributed by atoms with Crippen molar-refractivity contribution in [1.29, 1.82) is 0 Å². The summed E-state index contributed by atoms with van der Waals surface area (Å²) in [7, 11) is 1.63. The predicted molar refractivity (Wildman–Crippen MR) is 79.3 cm³/mol. The molecule has 7 nitrogen and oxygen atoms in total. The van der Waals surface area contributed by atoms with Gasteiger partial charge in [0, 0.05) is 46.4 Å². The van der Waals surface area contributed by atoms with Crippen LogP contribution in [0.3, 0.4) is 0 Å². The van der Waals surface area contributed by atoms with E-state index in [1.54, 1.807) is 12.0 Å². The molecule has 1 heterocycles. The number of ether oxygens (including phenoxy) is 1. The monoisotopic (exact) mass is 301 g/mol. The van der Waals surface area contributed by atoms with E-state index in [2.05, 4.69) is 13.8 Å². The number of carboxylic acids is 1. The third kappa shape index (κ3) is 6.31. The van der Waals surface area contributed by atoms with Crippen LogP contribution in [0, 0.1) is 5.92 Å². The lowest BCUT2D eigenvalue weighted by atomic mass is 10.2. The van der Waals surface area contributed by atoms with Crippen molar-refractivity contribution in [3.63, 3.8) is 0 Å². The molecule has 21 heavy (non-hydrogen) atoms. The largest absolute Gasteiger partial charge is 0.480 e. The molecule has 0 saturated carbocycles. The van der Waals surface area contributed by atoms with E-state index in [-0.39, 0.29) is 12.6 Å². The highest BCUT2D eigenvalue weighted by Crippen LogP contribution is 2.08. The first kappa shape index (κ1) is 17.7. The summed E-state index contributed by atoms with van der Waals surface area (Å²) in [4.78, 5) is 28.7. The van der Waals surface area contributed by atoms with Crippen molar-refractivity contribution in [3.8, 4) is 0 Å². The van der Waals surface area contributed by atoms with Gasteiger partial charge in [0.05, 0.1) is 13.2 Å². The first-order chi connectivity index (χ1) is 9.93. The number of piperazine rings is 1. The minimum atomic E-state index is -0.823. The van der Waals surface area contributed by atoms with Gasteiger partial charge in [0.25, 0.3) is 0 Å². The summed E-state index contributed by atoms with van der Waals surface area (Å²) in [6, 6.07) is 0.0238. The number of carbonyl (C=O) groups is 2. The van der Waals surface area contributed by atoms with Crippen LogP contribution < -0.4 is 0 Å². The van der Waals surface area contributed by atoms with Crippen LogP contribution in [0.4, 0.5) is 4.79 Å². The first-order valence-electron chi connectivity index (χ1n) is 7.41. The molecule has 0 aromatic rings. The number of amides is 2. The Morgan fingerprint density at radius 1 is 1.24 bits per heavy atom. The quantitative estimate of drug-likeness (QED) is 0.737. The zero-order chi connectivity index (χ0) is 15.8. The summed E-state index contributed by atoms with van der Waals surface area (Å²) < 4.78 is 5.07. The van der Waals surface area contributed by atoms with Crippen LogP contribution >= 0.6 is 0 Å². The van der Waals surface area contributed by atoms with Crippen LogP contribution in [0.25, 0.3) is 0 Å². The van der Waals surface area contributed by atoms with Gasteiger partial charge in [0.2, 0.25) is 0 Å². The molecule has 0 radical (unpaired) electrons. The number of methoxy groups -OCH3 is 1. The van der Waals surface area contributed by atoms with Gasteiger partial charge in [0.1, 0.15) is 0 Å². The zero-order valence-electron chi connectivity index (χ0n) is 13.2. The SMILES string of the molecule is COCCN(CC(C)C)C(=O)N1CCN(CC(=O)O)CC1. The molecule has 0 spiro atoms. The molecular weight excluding hydrogens is 274 g/mol. The zero-order valence-corrected chi connectivity index (χ0v) is 13.2.